The second kappa shape index (κ2) is 8.36. The zero-order valence-corrected chi connectivity index (χ0v) is 17.7. The summed E-state index contributed by atoms with van der Waals surface area (Å²) >= 11 is 0. The summed E-state index contributed by atoms with van der Waals surface area (Å²) in [6, 6.07) is 10.5. The van der Waals surface area contributed by atoms with Crippen LogP contribution in [0.15, 0.2) is 52.0 Å². The molecule has 0 radical (unpaired) electrons. The number of piperidine rings is 1. The summed E-state index contributed by atoms with van der Waals surface area (Å²) in [6.07, 6.45) is 5.36. The van der Waals surface area contributed by atoms with E-state index in [2.05, 4.69) is 4.90 Å². The maximum absolute atomic E-state index is 12.3. The van der Waals surface area contributed by atoms with E-state index < -0.39 is 19.9 Å². The van der Waals surface area contributed by atoms with Crippen LogP contribution in [-0.4, -0.2) is 57.7 Å². The first-order valence-electron chi connectivity index (χ1n) is 9.14. The van der Waals surface area contributed by atoms with Crippen molar-refractivity contribution in [3.05, 3.63) is 54.0 Å². The Morgan fingerprint density at radius 1 is 1.04 bits per heavy atom. The molecule has 2 heterocycles. The minimum absolute atomic E-state index is 0.0958. The van der Waals surface area contributed by atoms with Crippen molar-refractivity contribution >= 4 is 19.9 Å². The molecular weight excluding hydrogens is 400 g/mol. The van der Waals surface area contributed by atoms with Gasteiger partial charge in [0, 0.05) is 31.9 Å². The van der Waals surface area contributed by atoms with Crippen LogP contribution >= 0.6 is 0 Å². The molecule has 0 atom stereocenters. The van der Waals surface area contributed by atoms with Crippen molar-refractivity contribution in [2.75, 3.05) is 25.6 Å². The molecule has 28 heavy (non-hydrogen) atoms. The molecule has 154 valence electrons. The van der Waals surface area contributed by atoms with Crippen LogP contribution in [0.5, 0.6) is 0 Å². The van der Waals surface area contributed by atoms with E-state index in [4.69, 9.17) is 4.42 Å². The lowest BCUT2D eigenvalue weighted by Gasteiger charge is -2.37. The molecule has 0 spiro atoms. The third kappa shape index (κ3) is 5.22. The zero-order chi connectivity index (χ0) is 20.4. The Morgan fingerprint density at radius 2 is 1.71 bits per heavy atom. The second-order valence-corrected chi connectivity index (χ2v) is 11.2. The molecular formula is C19H26N2O5S2. The first-order chi connectivity index (χ1) is 13.1. The van der Waals surface area contributed by atoms with Crippen molar-refractivity contribution < 1.29 is 21.3 Å². The predicted molar refractivity (Wildman–Crippen MR) is 107 cm³/mol. The third-order valence-electron chi connectivity index (χ3n) is 5.05. The minimum Gasteiger partial charge on any atom is -0.468 e. The molecule has 1 aliphatic heterocycles. The number of benzene rings is 1. The van der Waals surface area contributed by atoms with Crippen molar-refractivity contribution in [2.45, 2.75) is 36.9 Å². The summed E-state index contributed by atoms with van der Waals surface area (Å²) in [5.74, 6) is 0.620. The first kappa shape index (κ1) is 21.0. The molecule has 3 rings (SSSR count). The van der Waals surface area contributed by atoms with E-state index in [9.17, 15) is 16.8 Å². The molecule has 1 fully saturated rings. The number of sulfonamides is 1. The zero-order valence-electron chi connectivity index (χ0n) is 16.1. The van der Waals surface area contributed by atoms with Gasteiger partial charge in [-0.25, -0.2) is 16.8 Å². The van der Waals surface area contributed by atoms with Crippen LogP contribution in [0.4, 0.5) is 0 Å². The van der Waals surface area contributed by atoms with E-state index in [1.165, 1.54) is 23.1 Å². The predicted octanol–water partition coefficient (Wildman–Crippen LogP) is 2.11. The Hall–Kier alpha value is -1.68. The molecule has 0 bridgehead atoms. The maximum atomic E-state index is 12.3. The van der Waals surface area contributed by atoms with Gasteiger partial charge in [-0.05, 0) is 36.6 Å². The van der Waals surface area contributed by atoms with Gasteiger partial charge in [0.2, 0.25) is 10.0 Å². The second-order valence-electron chi connectivity index (χ2n) is 7.27. The summed E-state index contributed by atoms with van der Waals surface area (Å²) in [6.45, 7) is 2.17. The summed E-state index contributed by atoms with van der Waals surface area (Å²) in [7, 11) is -6.65. The van der Waals surface area contributed by atoms with Crippen molar-refractivity contribution in [2.24, 2.45) is 0 Å². The fraction of sp³-hybridized carbons (Fsp3) is 0.474. The van der Waals surface area contributed by atoms with Gasteiger partial charge in [0.05, 0.1) is 24.0 Å². The highest BCUT2D eigenvalue weighted by Gasteiger charge is 2.31. The van der Waals surface area contributed by atoms with Crippen molar-refractivity contribution in [3.63, 3.8) is 0 Å². The number of nitrogens with zero attached hydrogens (tertiary/aromatic N) is 2. The molecule has 9 heteroatoms. The largest absolute Gasteiger partial charge is 0.468 e. The molecule has 1 saturated heterocycles. The number of sulfone groups is 1. The molecule has 1 aliphatic rings. The van der Waals surface area contributed by atoms with Gasteiger partial charge >= 0.3 is 0 Å². The molecule has 1 aromatic carbocycles. The molecule has 0 N–H and O–H groups in total. The fourth-order valence-electron chi connectivity index (χ4n) is 3.68. The van der Waals surface area contributed by atoms with Gasteiger partial charge in [-0.3, -0.25) is 4.90 Å². The molecule has 7 nitrogen and oxygen atoms in total. The van der Waals surface area contributed by atoms with E-state index in [1.54, 1.807) is 24.3 Å². The lowest BCUT2D eigenvalue weighted by Crippen LogP contribution is -2.46. The molecule has 0 aliphatic carbocycles. The van der Waals surface area contributed by atoms with Crippen molar-refractivity contribution in [3.8, 4) is 0 Å². The van der Waals surface area contributed by atoms with Crippen LogP contribution in [0.3, 0.4) is 0 Å². The van der Waals surface area contributed by atoms with Crippen LogP contribution < -0.4 is 0 Å². The summed E-state index contributed by atoms with van der Waals surface area (Å²) < 4.78 is 55.4. The maximum Gasteiger partial charge on any atom is 0.211 e. The average molecular weight is 427 g/mol. The topological polar surface area (TPSA) is 87.9 Å². The van der Waals surface area contributed by atoms with Crippen LogP contribution in [0.2, 0.25) is 0 Å². The fourth-order valence-corrected chi connectivity index (χ4v) is 5.72. The molecule has 0 amide bonds. The van der Waals surface area contributed by atoms with E-state index >= 15 is 0 Å². The van der Waals surface area contributed by atoms with Crippen LogP contribution in [0, 0.1) is 0 Å². The van der Waals surface area contributed by atoms with Gasteiger partial charge < -0.3 is 4.42 Å². The lowest BCUT2D eigenvalue weighted by molar-refractivity contribution is 0.146. The highest BCUT2D eigenvalue weighted by molar-refractivity contribution is 7.90. The van der Waals surface area contributed by atoms with E-state index in [-0.39, 0.29) is 12.6 Å². The van der Waals surface area contributed by atoms with Gasteiger partial charge in [-0.15, -0.1) is 0 Å². The van der Waals surface area contributed by atoms with E-state index in [0.29, 0.717) is 43.1 Å². The molecule has 2 aromatic rings. The number of hydrogen-bond donors (Lipinski definition) is 0. The third-order valence-corrected chi connectivity index (χ3v) is 7.52. The smallest absolute Gasteiger partial charge is 0.211 e. The normalized spacial score (nSPS) is 17.2. The number of likely N-dealkylation sites (tertiary alicyclic amines) is 1. The lowest BCUT2D eigenvalue weighted by atomic mass is 10.0. The Bertz CT molecular complexity index is 993. The van der Waals surface area contributed by atoms with Gasteiger partial charge in [0.25, 0.3) is 0 Å². The highest BCUT2D eigenvalue weighted by atomic mass is 32.2. The summed E-state index contributed by atoms with van der Waals surface area (Å²) in [4.78, 5) is 2.53. The monoisotopic (exact) mass is 426 g/mol. The Labute approximate surface area is 166 Å². The Kier molecular flexibility index (Phi) is 6.28. The van der Waals surface area contributed by atoms with Crippen LogP contribution in [0.25, 0.3) is 0 Å². The van der Waals surface area contributed by atoms with E-state index in [0.717, 1.165) is 5.56 Å². The van der Waals surface area contributed by atoms with E-state index in [1.807, 2.05) is 12.1 Å². The van der Waals surface area contributed by atoms with Crippen LogP contribution in [0.1, 0.15) is 24.2 Å². The molecule has 1 aromatic heterocycles. The Balaban J connectivity index is 1.67. The summed E-state index contributed by atoms with van der Waals surface area (Å²) in [5.41, 5.74) is 0.777. The standard InChI is InChI=1S/C19H26N2O5S2/c1-27(22,23)19-8-4-3-6-16(19)14-20-11-9-17(10-12-20)21(28(2,24)25)15-18-7-5-13-26-18/h3-8,13,17H,9-12,14-15H2,1-2H3. The average Bonchev–Trinajstić information content (AvgIpc) is 3.12. The quantitative estimate of drug-likeness (QED) is 0.674. The SMILES string of the molecule is CS(=O)(=O)c1ccccc1CN1CCC(N(Cc2ccco2)S(C)(=O)=O)CC1. The van der Waals surface area contributed by atoms with Gasteiger partial charge in [-0.2, -0.15) is 4.31 Å². The van der Waals surface area contributed by atoms with Gasteiger partial charge in [-0.1, -0.05) is 18.2 Å². The Morgan fingerprint density at radius 3 is 2.29 bits per heavy atom. The first-order valence-corrected chi connectivity index (χ1v) is 12.9. The highest BCUT2D eigenvalue weighted by Crippen LogP contribution is 2.24. The number of hydrogen-bond acceptors (Lipinski definition) is 6. The van der Waals surface area contributed by atoms with Gasteiger partial charge in [0.15, 0.2) is 9.84 Å². The number of rotatable bonds is 7. The summed E-state index contributed by atoms with van der Waals surface area (Å²) in [5, 5.41) is 0. The minimum atomic E-state index is -3.37. The molecule has 0 saturated carbocycles. The van der Waals surface area contributed by atoms with Crippen molar-refractivity contribution in [1.29, 1.82) is 0 Å². The van der Waals surface area contributed by atoms with Crippen LogP contribution in [-0.2, 0) is 33.0 Å². The van der Waals surface area contributed by atoms with Crippen molar-refractivity contribution in [1.82, 2.24) is 9.21 Å². The number of furan rings is 1. The van der Waals surface area contributed by atoms with Gasteiger partial charge in [0.1, 0.15) is 5.76 Å². The molecule has 0 unspecified atom stereocenters.